The van der Waals surface area contributed by atoms with E-state index >= 15 is 0 Å². The van der Waals surface area contributed by atoms with E-state index in [0.29, 0.717) is 38.5 Å². The maximum Gasteiger partial charge on any atom is 0.234 e. The summed E-state index contributed by atoms with van der Waals surface area (Å²) < 4.78 is 1.91. The third-order valence-corrected chi connectivity index (χ3v) is 6.64. The molecule has 2 fully saturated rings. The summed E-state index contributed by atoms with van der Waals surface area (Å²) in [7, 11) is 0. The molecule has 5 rings (SSSR count). The monoisotopic (exact) mass is 434 g/mol. The number of rotatable bonds is 6. The first-order chi connectivity index (χ1) is 15.5. The summed E-state index contributed by atoms with van der Waals surface area (Å²) in [5, 5.41) is 8.79. The third-order valence-electron chi connectivity index (χ3n) is 6.64. The van der Waals surface area contributed by atoms with Gasteiger partial charge in [0.2, 0.25) is 11.8 Å². The second kappa shape index (κ2) is 8.50. The van der Waals surface area contributed by atoms with Crippen molar-refractivity contribution in [2.24, 2.45) is 0 Å². The lowest BCUT2D eigenvalue weighted by Gasteiger charge is -2.34. The largest absolute Gasteiger partial charge is 0.352 e. The molecule has 1 saturated carbocycles. The van der Waals surface area contributed by atoms with E-state index in [1.807, 2.05) is 40.6 Å². The van der Waals surface area contributed by atoms with Gasteiger partial charge in [0.15, 0.2) is 5.65 Å². The number of fused-ring (bicyclic) bond motifs is 3. The number of carbonyl (C=O) groups is 2. The van der Waals surface area contributed by atoms with Gasteiger partial charge in [-0.2, -0.15) is 5.10 Å². The lowest BCUT2D eigenvalue weighted by molar-refractivity contribution is -0.133. The van der Waals surface area contributed by atoms with Gasteiger partial charge in [0.05, 0.1) is 12.1 Å². The molecule has 8 heteroatoms. The van der Waals surface area contributed by atoms with Gasteiger partial charge in [-0.3, -0.25) is 14.5 Å². The first-order valence-corrected chi connectivity index (χ1v) is 11.5. The number of aryl methyl sites for hydroxylation is 2. The number of amides is 2. The van der Waals surface area contributed by atoms with Crippen LogP contribution < -0.4 is 5.32 Å². The van der Waals surface area contributed by atoms with Gasteiger partial charge in [-0.15, -0.1) is 0 Å². The zero-order valence-electron chi connectivity index (χ0n) is 18.8. The van der Waals surface area contributed by atoms with Crippen LogP contribution in [0.25, 0.3) is 16.6 Å². The summed E-state index contributed by atoms with van der Waals surface area (Å²) in [6.45, 7) is 7.34. The van der Waals surface area contributed by atoms with Gasteiger partial charge in [-0.25, -0.2) is 9.50 Å². The summed E-state index contributed by atoms with van der Waals surface area (Å²) in [5.74, 6) is 0.268. The van der Waals surface area contributed by atoms with E-state index in [4.69, 9.17) is 10.1 Å². The van der Waals surface area contributed by atoms with Crippen LogP contribution in [-0.2, 0) is 16.0 Å². The molecule has 3 heterocycles. The van der Waals surface area contributed by atoms with E-state index in [1.165, 1.54) is 0 Å². The fourth-order valence-electron chi connectivity index (χ4n) is 4.59. The summed E-state index contributed by atoms with van der Waals surface area (Å²) in [4.78, 5) is 33.7. The molecule has 0 bridgehead atoms. The number of aromatic nitrogens is 3. The number of hydrogen-bond donors (Lipinski definition) is 1. The minimum Gasteiger partial charge on any atom is -0.352 e. The fraction of sp³-hybridized carbons (Fsp3) is 0.500. The molecule has 0 atom stereocenters. The Morgan fingerprint density at radius 1 is 1.09 bits per heavy atom. The van der Waals surface area contributed by atoms with Gasteiger partial charge in [0, 0.05) is 55.4 Å². The highest BCUT2D eigenvalue weighted by Gasteiger charge is 2.26. The Morgan fingerprint density at radius 2 is 1.84 bits per heavy atom. The highest BCUT2D eigenvalue weighted by Crippen LogP contribution is 2.23. The van der Waals surface area contributed by atoms with Gasteiger partial charge in [0.1, 0.15) is 0 Å². The Morgan fingerprint density at radius 3 is 2.59 bits per heavy atom. The first-order valence-electron chi connectivity index (χ1n) is 11.5. The molecule has 1 saturated heterocycles. The fourth-order valence-corrected chi connectivity index (χ4v) is 4.59. The predicted octanol–water partition coefficient (Wildman–Crippen LogP) is 1.85. The van der Waals surface area contributed by atoms with Crippen LogP contribution in [0.5, 0.6) is 0 Å². The normalized spacial score (nSPS) is 17.2. The molecule has 0 spiro atoms. The zero-order chi connectivity index (χ0) is 22.2. The highest BCUT2D eigenvalue weighted by atomic mass is 16.2. The van der Waals surface area contributed by atoms with Crippen molar-refractivity contribution in [1.82, 2.24) is 29.7 Å². The summed E-state index contributed by atoms with van der Waals surface area (Å²) in [5.41, 5.74) is 4.89. The molecule has 1 aromatic carbocycles. The Bertz CT molecular complexity index is 1170. The van der Waals surface area contributed by atoms with Crippen molar-refractivity contribution in [3.8, 4) is 0 Å². The smallest absolute Gasteiger partial charge is 0.234 e. The van der Waals surface area contributed by atoms with E-state index in [0.717, 1.165) is 59.4 Å². The number of carbonyl (C=O) groups excluding carboxylic acids is 2. The van der Waals surface area contributed by atoms with E-state index in [1.54, 1.807) is 0 Å². The standard InChI is InChI=1S/C24H30N6O2/c1-16-19(17(2)30-24(25-16)20-5-3-4-6-21(20)27-30)9-10-23(32)29-13-11-28(12-14-29)15-22(31)26-18-7-8-18/h3-6,18H,7-15H2,1-2H3,(H,26,31). The van der Waals surface area contributed by atoms with E-state index < -0.39 is 0 Å². The molecule has 1 aliphatic carbocycles. The molecular weight excluding hydrogens is 404 g/mol. The minimum atomic E-state index is 0.104. The van der Waals surface area contributed by atoms with E-state index in [2.05, 4.69) is 17.1 Å². The predicted molar refractivity (Wildman–Crippen MR) is 122 cm³/mol. The maximum absolute atomic E-state index is 12.9. The minimum absolute atomic E-state index is 0.104. The van der Waals surface area contributed by atoms with Crippen molar-refractivity contribution in [2.75, 3.05) is 32.7 Å². The van der Waals surface area contributed by atoms with Crippen molar-refractivity contribution >= 4 is 28.4 Å². The van der Waals surface area contributed by atoms with Crippen molar-refractivity contribution in [3.05, 3.63) is 41.2 Å². The number of benzene rings is 1. The van der Waals surface area contributed by atoms with Crippen molar-refractivity contribution < 1.29 is 9.59 Å². The van der Waals surface area contributed by atoms with Crippen LogP contribution in [0.15, 0.2) is 24.3 Å². The second-order valence-electron chi connectivity index (χ2n) is 9.01. The van der Waals surface area contributed by atoms with Gasteiger partial charge in [-0.1, -0.05) is 12.1 Å². The van der Waals surface area contributed by atoms with Crippen LogP contribution in [-0.4, -0.2) is 75.0 Å². The Labute approximate surface area is 187 Å². The first kappa shape index (κ1) is 20.9. The number of nitrogens with zero attached hydrogens (tertiary/aromatic N) is 5. The van der Waals surface area contributed by atoms with Crippen LogP contribution in [0.3, 0.4) is 0 Å². The van der Waals surface area contributed by atoms with Crippen molar-refractivity contribution in [1.29, 1.82) is 0 Å². The topological polar surface area (TPSA) is 82.8 Å². The number of hydrogen-bond acceptors (Lipinski definition) is 5. The van der Waals surface area contributed by atoms with Gasteiger partial charge in [0.25, 0.3) is 0 Å². The van der Waals surface area contributed by atoms with Crippen LogP contribution in [0, 0.1) is 13.8 Å². The molecule has 1 aliphatic heterocycles. The van der Waals surface area contributed by atoms with Crippen LogP contribution >= 0.6 is 0 Å². The Kier molecular flexibility index (Phi) is 5.55. The van der Waals surface area contributed by atoms with Crippen molar-refractivity contribution in [3.63, 3.8) is 0 Å². The molecule has 2 aromatic heterocycles. The second-order valence-corrected chi connectivity index (χ2v) is 9.01. The average molecular weight is 435 g/mol. The Hall–Kier alpha value is -3.00. The summed E-state index contributed by atoms with van der Waals surface area (Å²) in [6, 6.07) is 8.42. The van der Waals surface area contributed by atoms with E-state index in [9.17, 15) is 9.59 Å². The maximum atomic E-state index is 12.9. The molecule has 32 heavy (non-hydrogen) atoms. The average Bonchev–Trinajstić information content (AvgIpc) is 3.52. The molecule has 2 amide bonds. The Balaban J connectivity index is 1.20. The van der Waals surface area contributed by atoms with Crippen molar-refractivity contribution in [2.45, 2.75) is 45.6 Å². The van der Waals surface area contributed by atoms with E-state index in [-0.39, 0.29) is 11.8 Å². The molecule has 1 N–H and O–H groups in total. The number of nitrogens with one attached hydrogen (secondary N) is 1. The highest BCUT2D eigenvalue weighted by molar-refractivity contribution is 5.92. The zero-order valence-corrected chi connectivity index (χ0v) is 18.8. The molecule has 3 aromatic rings. The summed E-state index contributed by atoms with van der Waals surface area (Å²) >= 11 is 0. The van der Waals surface area contributed by atoms with Gasteiger partial charge in [-0.05, 0) is 50.8 Å². The summed E-state index contributed by atoms with van der Waals surface area (Å²) in [6.07, 6.45) is 3.32. The van der Waals surface area contributed by atoms with Gasteiger partial charge < -0.3 is 10.2 Å². The lowest BCUT2D eigenvalue weighted by Crippen LogP contribution is -2.51. The molecule has 0 unspecified atom stereocenters. The third kappa shape index (κ3) is 4.19. The lowest BCUT2D eigenvalue weighted by atomic mass is 10.1. The molecular formula is C24H30N6O2. The van der Waals surface area contributed by atoms with Crippen LogP contribution in [0.4, 0.5) is 0 Å². The molecule has 8 nitrogen and oxygen atoms in total. The quantitative estimate of drug-likeness (QED) is 0.640. The number of piperazine rings is 1. The van der Waals surface area contributed by atoms with Gasteiger partial charge >= 0.3 is 0 Å². The molecule has 168 valence electrons. The molecule has 2 aliphatic rings. The SMILES string of the molecule is Cc1nc2c3ccccc3nn2c(C)c1CCC(=O)N1CCN(CC(=O)NC2CC2)CC1. The molecule has 0 radical (unpaired) electrons. The van der Waals surface area contributed by atoms with Crippen LogP contribution in [0.2, 0.25) is 0 Å². The van der Waals surface area contributed by atoms with Crippen LogP contribution in [0.1, 0.15) is 36.2 Å².